The van der Waals surface area contributed by atoms with Gasteiger partial charge in [0, 0.05) is 28.4 Å². The van der Waals surface area contributed by atoms with Gasteiger partial charge in [-0.05, 0) is 98.1 Å². The molecule has 1 saturated heterocycles. The minimum absolute atomic E-state index is 0.0613. The van der Waals surface area contributed by atoms with Crippen LogP contribution in [0.3, 0.4) is 0 Å². The smallest absolute Gasteiger partial charge is 0.251 e. The van der Waals surface area contributed by atoms with Gasteiger partial charge < -0.3 is 16.0 Å². The van der Waals surface area contributed by atoms with Crippen LogP contribution in [0.4, 0.5) is 0 Å². The Balaban J connectivity index is 1.17. The molecule has 0 spiro atoms. The number of hydrogen-bond acceptors (Lipinski definition) is 4. The van der Waals surface area contributed by atoms with Gasteiger partial charge in [0.15, 0.2) is 0 Å². The van der Waals surface area contributed by atoms with Crippen LogP contribution in [0.15, 0.2) is 53.9 Å². The molecule has 2 heterocycles. The molecule has 1 aromatic heterocycles. The summed E-state index contributed by atoms with van der Waals surface area (Å²) in [6.45, 7) is 4.27. The second kappa shape index (κ2) is 9.74. The van der Waals surface area contributed by atoms with E-state index in [1.54, 1.807) is 0 Å². The quantitative estimate of drug-likeness (QED) is 0.476. The van der Waals surface area contributed by atoms with Crippen LogP contribution in [0.25, 0.3) is 10.1 Å². The van der Waals surface area contributed by atoms with Crippen LogP contribution in [-0.2, 0) is 0 Å². The summed E-state index contributed by atoms with van der Waals surface area (Å²) in [7, 11) is 0. The van der Waals surface area contributed by atoms with Crippen molar-refractivity contribution < 1.29 is 4.79 Å². The molecule has 3 aromatic rings. The van der Waals surface area contributed by atoms with Crippen LogP contribution in [0, 0.1) is 0 Å². The van der Waals surface area contributed by atoms with E-state index in [4.69, 9.17) is 0 Å². The van der Waals surface area contributed by atoms with Gasteiger partial charge in [0.1, 0.15) is 0 Å². The molecule has 32 heavy (non-hydrogen) atoms. The lowest BCUT2D eigenvalue weighted by atomic mass is 9.96. The molecule has 3 atom stereocenters. The number of hydrogen-bond donors (Lipinski definition) is 3. The molecule has 2 fully saturated rings. The summed E-state index contributed by atoms with van der Waals surface area (Å²) in [6.07, 6.45) is 5.59. The first kappa shape index (κ1) is 21.6. The van der Waals surface area contributed by atoms with Gasteiger partial charge in [0.25, 0.3) is 5.91 Å². The third kappa shape index (κ3) is 4.75. The standard InChI is InChI=1S/C27H33N3OS/c1-18(25-17-32-26-5-3-2-4-24(25)26)29-23-11-10-21(16-23)19-6-8-20(9-7-19)27(31)30-22-12-14-28-15-13-22/h2-9,17-18,21-23,28-29H,10-16H2,1H3,(H,30,31)/t18-,21+,23?/m1/s1. The predicted octanol–water partition coefficient (Wildman–Crippen LogP) is 5.37. The van der Waals surface area contributed by atoms with Crippen molar-refractivity contribution >= 4 is 27.3 Å². The zero-order valence-electron chi connectivity index (χ0n) is 18.8. The number of carbonyl (C=O) groups is 1. The zero-order chi connectivity index (χ0) is 21.9. The third-order valence-electron chi connectivity index (χ3n) is 7.21. The van der Waals surface area contributed by atoms with E-state index in [2.05, 4.69) is 64.7 Å². The Hall–Kier alpha value is -2.21. The Bertz CT molecular complexity index is 1050. The fourth-order valence-corrected chi connectivity index (χ4v) is 6.41. The van der Waals surface area contributed by atoms with Crippen LogP contribution < -0.4 is 16.0 Å². The van der Waals surface area contributed by atoms with Crippen LogP contribution in [0.1, 0.15) is 72.5 Å². The maximum Gasteiger partial charge on any atom is 0.251 e. The normalized spacial score (nSPS) is 22.8. The van der Waals surface area contributed by atoms with Gasteiger partial charge in [-0.25, -0.2) is 0 Å². The van der Waals surface area contributed by atoms with Gasteiger partial charge >= 0.3 is 0 Å². The van der Waals surface area contributed by atoms with Crippen LogP contribution in [0.2, 0.25) is 0 Å². The second-order valence-electron chi connectivity index (χ2n) is 9.40. The summed E-state index contributed by atoms with van der Waals surface area (Å²) in [4.78, 5) is 12.6. The minimum atomic E-state index is 0.0613. The van der Waals surface area contributed by atoms with E-state index in [9.17, 15) is 4.79 Å². The monoisotopic (exact) mass is 447 g/mol. The lowest BCUT2D eigenvalue weighted by Crippen LogP contribution is -2.42. The number of benzene rings is 2. The SMILES string of the molecule is C[C@@H](NC1CC[C@H](c2ccc(C(=O)NC3CCNCC3)cc2)C1)c1csc2ccccc12. The van der Waals surface area contributed by atoms with Crippen LogP contribution in [-0.4, -0.2) is 31.1 Å². The predicted molar refractivity (Wildman–Crippen MR) is 134 cm³/mol. The molecule has 2 aliphatic rings. The first-order valence-corrected chi connectivity index (χ1v) is 12.9. The molecule has 4 nitrogen and oxygen atoms in total. The highest BCUT2D eigenvalue weighted by molar-refractivity contribution is 7.17. The fourth-order valence-electron chi connectivity index (χ4n) is 5.35. The van der Waals surface area contributed by atoms with Crippen molar-refractivity contribution in [1.29, 1.82) is 0 Å². The van der Waals surface area contributed by atoms with Crippen molar-refractivity contribution in [2.45, 2.75) is 63.1 Å². The minimum Gasteiger partial charge on any atom is -0.349 e. The molecule has 0 bridgehead atoms. The van der Waals surface area contributed by atoms with Crippen molar-refractivity contribution in [3.8, 4) is 0 Å². The number of piperidine rings is 1. The Morgan fingerprint density at radius 1 is 1.00 bits per heavy atom. The number of thiophene rings is 1. The van der Waals surface area contributed by atoms with E-state index >= 15 is 0 Å². The van der Waals surface area contributed by atoms with Crippen molar-refractivity contribution in [2.75, 3.05) is 13.1 Å². The maximum absolute atomic E-state index is 12.6. The third-order valence-corrected chi connectivity index (χ3v) is 8.20. The molecule has 0 radical (unpaired) electrons. The molecule has 168 valence electrons. The Morgan fingerprint density at radius 2 is 1.78 bits per heavy atom. The van der Waals surface area contributed by atoms with E-state index in [0.29, 0.717) is 24.0 Å². The Morgan fingerprint density at radius 3 is 2.59 bits per heavy atom. The first-order chi connectivity index (χ1) is 15.7. The van der Waals surface area contributed by atoms with Gasteiger partial charge in [0.2, 0.25) is 0 Å². The highest BCUT2D eigenvalue weighted by Gasteiger charge is 2.27. The summed E-state index contributed by atoms with van der Waals surface area (Å²) in [5.74, 6) is 0.631. The molecule has 1 aliphatic carbocycles. The van der Waals surface area contributed by atoms with E-state index in [1.807, 2.05) is 23.5 Å². The van der Waals surface area contributed by atoms with Crippen molar-refractivity contribution in [3.05, 3.63) is 70.6 Å². The molecular formula is C27H33N3OS. The highest BCUT2D eigenvalue weighted by atomic mass is 32.1. The Kier molecular flexibility index (Phi) is 6.58. The van der Waals surface area contributed by atoms with Crippen LogP contribution in [0.5, 0.6) is 0 Å². The number of amides is 1. The first-order valence-electron chi connectivity index (χ1n) is 12.0. The average molecular weight is 448 g/mol. The number of fused-ring (bicyclic) bond motifs is 1. The molecule has 1 unspecified atom stereocenters. The summed E-state index contributed by atoms with van der Waals surface area (Å²) in [6, 6.07) is 18.2. The number of rotatable bonds is 6. The summed E-state index contributed by atoms with van der Waals surface area (Å²) >= 11 is 1.84. The van der Waals surface area contributed by atoms with Gasteiger partial charge in [-0.1, -0.05) is 30.3 Å². The number of carbonyl (C=O) groups excluding carboxylic acids is 1. The summed E-state index contributed by atoms with van der Waals surface area (Å²) in [5.41, 5.74) is 3.55. The van der Waals surface area contributed by atoms with Crippen molar-refractivity contribution in [1.82, 2.24) is 16.0 Å². The highest BCUT2D eigenvalue weighted by Crippen LogP contribution is 2.37. The second-order valence-corrected chi connectivity index (χ2v) is 10.3. The van der Waals surface area contributed by atoms with Crippen molar-refractivity contribution in [2.24, 2.45) is 0 Å². The van der Waals surface area contributed by atoms with Gasteiger partial charge in [0.05, 0.1) is 0 Å². The average Bonchev–Trinajstić information content (AvgIpc) is 3.47. The topological polar surface area (TPSA) is 53.2 Å². The molecule has 1 amide bonds. The zero-order valence-corrected chi connectivity index (χ0v) is 19.6. The van der Waals surface area contributed by atoms with Gasteiger partial charge in [-0.2, -0.15) is 0 Å². The molecule has 3 N–H and O–H groups in total. The molecule has 5 rings (SSSR count). The van der Waals surface area contributed by atoms with Crippen LogP contribution >= 0.6 is 11.3 Å². The molecule has 1 saturated carbocycles. The van der Waals surface area contributed by atoms with Crippen molar-refractivity contribution in [3.63, 3.8) is 0 Å². The van der Waals surface area contributed by atoms with E-state index in [-0.39, 0.29) is 5.91 Å². The molecule has 1 aliphatic heterocycles. The number of nitrogens with one attached hydrogen (secondary N) is 3. The maximum atomic E-state index is 12.6. The lowest BCUT2D eigenvalue weighted by Gasteiger charge is -2.23. The largest absolute Gasteiger partial charge is 0.349 e. The fraction of sp³-hybridized carbons (Fsp3) is 0.444. The van der Waals surface area contributed by atoms with Gasteiger partial charge in [-0.15, -0.1) is 11.3 Å². The summed E-state index contributed by atoms with van der Waals surface area (Å²) < 4.78 is 1.37. The molecular weight excluding hydrogens is 414 g/mol. The van der Waals surface area contributed by atoms with E-state index in [1.165, 1.54) is 34.1 Å². The summed E-state index contributed by atoms with van der Waals surface area (Å²) in [5, 5.41) is 14.1. The molecule has 2 aromatic carbocycles. The molecule has 5 heteroatoms. The lowest BCUT2D eigenvalue weighted by molar-refractivity contribution is 0.0929. The van der Waals surface area contributed by atoms with E-state index < -0.39 is 0 Å². The van der Waals surface area contributed by atoms with Gasteiger partial charge in [-0.3, -0.25) is 4.79 Å². The Labute approximate surface area is 194 Å². The van der Waals surface area contributed by atoms with E-state index in [0.717, 1.165) is 37.9 Å².